The van der Waals surface area contributed by atoms with Crippen LogP contribution in [0.5, 0.6) is 0 Å². The lowest BCUT2D eigenvalue weighted by Gasteiger charge is -2.27. The zero-order valence-electron chi connectivity index (χ0n) is 13.2. The number of hydrogen-bond donors (Lipinski definition) is 0. The minimum Gasteiger partial charge on any atom is -0.460 e. The topological polar surface area (TPSA) is 55.3 Å². The molecule has 3 heterocycles. The standard InChI is InChI=1S/C16H23N3O2/c1-10-17-8-7-14(18-10)19-11-5-6-13(19)12(9-11)15(20)21-16(2,3)4/h7-8,11-13H,5-6,9H2,1-4H3. The molecule has 21 heavy (non-hydrogen) atoms. The number of fused-ring (bicyclic) bond motifs is 2. The Morgan fingerprint density at radius 2 is 2.14 bits per heavy atom. The van der Waals surface area contributed by atoms with E-state index in [1.165, 1.54) is 0 Å². The molecule has 2 fully saturated rings. The third-order valence-electron chi connectivity index (χ3n) is 4.27. The second-order valence-electron chi connectivity index (χ2n) is 7.04. The Balaban J connectivity index is 1.80. The van der Waals surface area contributed by atoms with Gasteiger partial charge in [-0.3, -0.25) is 4.79 Å². The molecular weight excluding hydrogens is 266 g/mol. The molecule has 3 rings (SSSR count). The highest BCUT2D eigenvalue weighted by Gasteiger charge is 2.50. The van der Waals surface area contributed by atoms with Crippen LogP contribution in [0, 0.1) is 12.8 Å². The quantitative estimate of drug-likeness (QED) is 0.783. The Labute approximate surface area is 125 Å². The van der Waals surface area contributed by atoms with E-state index in [0.29, 0.717) is 6.04 Å². The third kappa shape index (κ3) is 2.74. The van der Waals surface area contributed by atoms with Gasteiger partial charge in [-0.05, 0) is 53.0 Å². The monoisotopic (exact) mass is 289 g/mol. The highest BCUT2D eigenvalue weighted by atomic mass is 16.6. The van der Waals surface area contributed by atoms with Crippen molar-refractivity contribution >= 4 is 11.8 Å². The second kappa shape index (κ2) is 4.97. The molecule has 3 atom stereocenters. The van der Waals surface area contributed by atoms with Crippen molar-refractivity contribution in [3.05, 3.63) is 18.1 Å². The van der Waals surface area contributed by atoms with Gasteiger partial charge >= 0.3 is 5.97 Å². The molecule has 2 saturated heterocycles. The summed E-state index contributed by atoms with van der Waals surface area (Å²) in [6.45, 7) is 7.66. The Hall–Kier alpha value is -1.65. The molecule has 0 aliphatic carbocycles. The lowest BCUT2D eigenvalue weighted by atomic mass is 9.89. The fourth-order valence-electron chi connectivity index (χ4n) is 3.56. The molecular formula is C16H23N3O2. The summed E-state index contributed by atoms with van der Waals surface area (Å²) in [6, 6.07) is 2.57. The van der Waals surface area contributed by atoms with Crippen molar-refractivity contribution in [1.82, 2.24) is 9.97 Å². The van der Waals surface area contributed by atoms with Crippen molar-refractivity contribution in [1.29, 1.82) is 0 Å². The first-order chi connectivity index (χ1) is 9.85. The molecule has 3 unspecified atom stereocenters. The lowest BCUT2D eigenvalue weighted by Crippen LogP contribution is -2.37. The van der Waals surface area contributed by atoms with Crippen LogP contribution in [-0.4, -0.2) is 33.6 Å². The van der Waals surface area contributed by atoms with Crippen LogP contribution in [0.2, 0.25) is 0 Å². The number of rotatable bonds is 2. The van der Waals surface area contributed by atoms with Crippen LogP contribution < -0.4 is 4.90 Å². The van der Waals surface area contributed by atoms with Crippen molar-refractivity contribution < 1.29 is 9.53 Å². The fourth-order valence-corrected chi connectivity index (χ4v) is 3.56. The zero-order chi connectivity index (χ0) is 15.2. The van der Waals surface area contributed by atoms with Crippen molar-refractivity contribution in [2.45, 2.75) is 64.6 Å². The number of hydrogen-bond acceptors (Lipinski definition) is 5. The van der Waals surface area contributed by atoms with E-state index < -0.39 is 5.60 Å². The maximum atomic E-state index is 12.4. The number of carbonyl (C=O) groups is 1. The maximum absolute atomic E-state index is 12.4. The number of ether oxygens (including phenoxy) is 1. The summed E-state index contributed by atoms with van der Waals surface area (Å²) in [5.74, 6) is 1.62. The maximum Gasteiger partial charge on any atom is 0.311 e. The molecule has 0 N–H and O–H groups in total. The largest absolute Gasteiger partial charge is 0.460 e. The Morgan fingerprint density at radius 3 is 2.81 bits per heavy atom. The van der Waals surface area contributed by atoms with E-state index in [-0.39, 0.29) is 17.9 Å². The van der Waals surface area contributed by atoms with Gasteiger partial charge in [0, 0.05) is 18.3 Å². The molecule has 5 heteroatoms. The van der Waals surface area contributed by atoms with E-state index in [1.807, 2.05) is 33.8 Å². The predicted octanol–water partition coefficient (Wildman–Crippen LogP) is 2.48. The van der Waals surface area contributed by atoms with Crippen LogP contribution in [0.3, 0.4) is 0 Å². The Morgan fingerprint density at radius 1 is 1.38 bits per heavy atom. The smallest absolute Gasteiger partial charge is 0.311 e. The van der Waals surface area contributed by atoms with Gasteiger partial charge in [-0.2, -0.15) is 0 Å². The average Bonchev–Trinajstić information content (AvgIpc) is 2.94. The van der Waals surface area contributed by atoms with Gasteiger partial charge in [0.15, 0.2) is 0 Å². The molecule has 1 aromatic heterocycles. The summed E-state index contributed by atoms with van der Waals surface area (Å²) in [5.41, 5.74) is -0.421. The first kappa shape index (κ1) is 14.3. The molecule has 2 aliphatic heterocycles. The van der Waals surface area contributed by atoms with Gasteiger partial charge in [-0.1, -0.05) is 0 Å². The highest BCUT2D eigenvalue weighted by molar-refractivity contribution is 5.76. The number of aryl methyl sites for hydroxylation is 1. The van der Waals surface area contributed by atoms with Crippen molar-refractivity contribution in [3.8, 4) is 0 Å². The molecule has 0 aromatic carbocycles. The highest BCUT2D eigenvalue weighted by Crippen LogP contribution is 2.44. The minimum absolute atomic E-state index is 0.0294. The summed E-state index contributed by atoms with van der Waals surface area (Å²) in [7, 11) is 0. The van der Waals surface area contributed by atoms with Crippen LogP contribution in [0.25, 0.3) is 0 Å². The second-order valence-corrected chi connectivity index (χ2v) is 7.04. The first-order valence-corrected chi connectivity index (χ1v) is 7.66. The molecule has 114 valence electrons. The molecule has 2 aliphatic rings. The van der Waals surface area contributed by atoms with Crippen molar-refractivity contribution in [2.75, 3.05) is 4.90 Å². The van der Waals surface area contributed by atoms with E-state index in [0.717, 1.165) is 30.9 Å². The fraction of sp³-hybridized carbons (Fsp3) is 0.688. The molecule has 0 saturated carbocycles. The van der Waals surface area contributed by atoms with Crippen molar-refractivity contribution in [3.63, 3.8) is 0 Å². The summed E-state index contributed by atoms with van der Waals surface area (Å²) in [5, 5.41) is 0. The number of carbonyl (C=O) groups excluding carboxylic acids is 1. The number of esters is 1. The van der Waals surface area contributed by atoms with Crippen LogP contribution in [-0.2, 0) is 9.53 Å². The molecule has 5 nitrogen and oxygen atoms in total. The SMILES string of the molecule is Cc1nccc(N2C3CCC2C(C(=O)OC(C)(C)C)C3)n1. The summed E-state index contributed by atoms with van der Waals surface area (Å²) in [6.07, 6.45) is 4.84. The normalized spacial score (nSPS) is 28.0. The predicted molar refractivity (Wildman–Crippen MR) is 80.0 cm³/mol. The van der Waals surface area contributed by atoms with Gasteiger partial charge in [-0.25, -0.2) is 9.97 Å². The Bertz CT molecular complexity index is 553. The molecule has 0 spiro atoms. The van der Waals surface area contributed by atoms with Gasteiger partial charge in [0.05, 0.1) is 5.92 Å². The van der Waals surface area contributed by atoms with E-state index >= 15 is 0 Å². The summed E-state index contributed by atoms with van der Waals surface area (Å²) < 4.78 is 5.58. The van der Waals surface area contributed by atoms with E-state index in [9.17, 15) is 4.79 Å². The van der Waals surface area contributed by atoms with E-state index in [4.69, 9.17) is 4.74 Å². The Kier molecular flexibility index (Phi) is 3.38. The number of anilines is 1. The average molecular weight is 289 g/mol. The molecule has 0 radical (unpaired) electrons. The molecule has 1 aromatic rings. The van der Waals surface area contributed by atoms with Crippen LogP contribution in [0.15, 0.2) is 12.3 Å². The minimum atomic E-state index is -0.421. The van der Waals surface area contributed by atoms with Crippen LogP contribution in [0.1, 0.15) is 45.9 Å². The van der Waals surface area contributed by atoms with Crippen LogP contribution >= 0.6 is 0 Å². The number of aromatic nitrogens is 2. The van der Waals surface area contributed by atoms with Gasteiger partial charge in [-0.15, -0.1) is 0 Å². The van der Waals surface area contributed by atoms with Gasteiger partial charge in [0.1, 0.15) is 17.2 Å². The summed E-state index contributed by atoms with van der Waals surface area (Å²) in [4.78, 5) is 23.4. The summed E-state index contributed by atoms with van der Waals surface area (Å²) >= 11 is 0. The lowest BCUT2D eigenvalue weighted by molar-refractivity contribution is -0.160. The molecule has 2 bridgehead atoms. The van der Waals surface area contributed by atoms with Crippen molar-refractivity contribution in [2.24, 2.45) is 5.92 Å². The zero-order valence-corrected chi connectivity index (χ0v) is 13.2. The third-order valence-corrected chi connectivity index (χ3v) is 4.27. The van der Waals surface area contributed by atoms with E-state index in [2.05, 4.69) is 14.9 Å². The number of nitrogens with zero attached hydrogens (tertiary/aromatic N) is 3. The van der Waals surface area contributed by atoms with E-state index in [1.54, 1.807) is 6.20 Å². The van der Waals surface area contributed by atoms with Gasteiger partial charge in [0.2, 0.25) is 0 Å². The van der Waals surface area contributed by atoms with Gasteiger partial charge < -0.3 is 9.64 Å². The van der Waals surface area contributed by atoms with Crippen LogP contribution in [0.4, 0.5) is 5.82 Å². The van der Waals surface area contributed by atoms with Gasteiger partial charge in [0.25, 0.3) is 0 Å². The first-order valence-electron chi connectivity index (χ1n) is 7.66. The molecule has 0 amide bonds.